The Kier molecular flexibility index (Phi) is 5.21. The summed E-state index contributed by atoms with van der Waals surface area (Å²) >= 11 is 0. The fourth-order valence-corrected chi connectivity index (χ4v) is 4.33. The first-order chi connectivity index (χ1) is 11.2. The van der Waals surface area contributed by atoms with Crippen LogP contribution in [0.4, 0.5) is 0 Å². The summed E-state index contributed by atoms with van der Waals surface area (Å²) in [5.74, 6) is 0.548. The van der Waals surface area contributed by atoms with Crippen LogP contribution in [0.1, 0.15) is 39.0 Å². The molecule has 1 aliphatic carbocycles. The van der Waals surface area contributed by atoms with Gasteiger partial charge in [-0.25, -0.2) is 0 Å². The lowest BCUT2D eigenvalue weighted by Crippen LogP contribution is -2.56. The molecule has 2 heterocycles. The van der Waals surface area contributed by atoms with Crippen LogP contribution < -0.4 is 10.6 Å². The number of fused-ring (bicyclic) bond motifs is 1. The van der Waals surface area contributed by atoms with E-state index in [4.69, 9.17) is 4.74 Å². The Morgan fingerprint density at radius 2 is 2.13 bits per heavy atom. The molecule has 6 heteroatoms. The van der Waals surface area contributed by atoms with Crippen molar-refractivity contribution in [1.82, 2.24) is 15.5 Å². The molecule has 3 aliphatic rings. The van der Waals surface area contributed by atoms with Crippen LogP contribution >= 0.6 is 0 Å². The summed E-state index contributed by atoms with van der Waals surface area (Å²) in [5.41, 5.74) is -0.295. The first-order valence-electron chi connectivity index (χ1n) is 9.05. The number of hydrogen-bond donors (Lipinski definition) is 2. The molecule has 0 bridgehead atoms. The maximum Gasteiger partial charge on any atom is 0.245 e. The van der Waals surface area contributed by atoms with Gasteiger partial charge in [0.15, 0.2) is 0 Å². The van der Waals surface area contributed by atoms with E-state index < -0.39 is 6.04 Å². The molecule has 23 heavy (non-hydrogen) atoms. The molecular formula is C17H29N3O3. The predicted molar refractivity (Wildman–Crippen MR) is 86.9 cm³/mol. The van der Waals surface area contributed by atoms with Crippen molar-refractivity contribution in [2.75, 3.05) is 39.4 Å². The van der Waals surface area contributed by atoms with Crippen molar-refractivity contribution in [2.24, 2.45) is 11.3 Å². The highest BCUT2D eigenvalue weighted by atomic mass is 16.5. The third-order valence-electron chi connectivity index (χ3n) is 5.82. The molecule has 2 N–H and O–H groups in total. The SMILES string of the molecule is CCC(NC(=O)[C@@]12CCCC[C@H]1CNC2)C(=O)N1CCOCC1. The summed E-state index contributed by atoms with van der Waals surface area (Å²) in [7, 11) is 0. The van der Waals surface area contributed by atoms with Crippen LogP contribution in [0.5, 0.6) is 0 Å². The molecule has 0 spiro atoms. The van der Waals surface area contributed by atoms with Gasteiger partial charge in [0, 0.05) is 19.6 Å². The fraction of sp³-hybridized carbons (Fsp3) is 0.882. The summed E-state index contributed by atoms with van der Waals surface area (Å²) in [6.45, 7) is 6.08. The van der Waals surface area contributed by atoms with Gasteiger partial charge in [-0.2, -0.15) is 0 Å². The largest absolute Gasteiger partial charge is 0.378 e. The monoisotopic (exact) mass is 323 g/mol. The Bertz CT molecular complexity index is 450. The zero-order chi connectivity index (χ0) is 16.3. The van der Waals surface area contributed by atoms with E-state index in [9.17, 15) is 9.59 Å². The zero-order valence-corrected chi connectivity index (χ0v) is 14.1. The second-order valence-electron chi connectivity index (χ2n) is 7.10. The van der Waals surface area contributed by atoms with Crippen LogP contribution in [0.15, 0.2) is 0 Å². The number of nitrogens with one attached hydrogen (secondary N) is 2. The van der Waals surface area contributed by atoms with Crippen molar-refractivity contribution in [1.29, 1.82) is 0 Å². The molecule has 0 aromatic rings. The van der Waals surface area contributed by atoms with Crippen LogP contribution in [-0.2, 0) is 14.3 Å². The van der Waals surface area contributed by atoms with Crippen molar-refractivity contribution in [3.05, 3.63) is 0 Å². The van der Waals surface area contributed by atoms with Gasteiger partial charge < -0.3 is 20.3 Å². The highest BCUT2D eigenvalue weighted by Crippen LogP contribution is 2.44. The van der Waals surface area contributed by atoms with Gasteiger partial charge >= 0.3 is 0 Å². The summed E-state index contributed by atoms with van der Waals surface area (Å²) < 4.78 is 5.31. The molecule has 2 saturated heterocycles. The molecule has 0 radical (unpaired) electrons. The minimum Gasteiger partial charge on any atom is -0.378 e. The minimum atomic E-state index is -0.404. The van der Waals surface area contributed by atoms with Gasteiger partial charge in [-0.05, 0) is 31.7 Å². The number of nitrogens with zero attached hydrogens (tertiary/aromatic N) is 1. The summed E-state index contributed by atoms with van der Waals surface area (Å²) in [5, 5.41) is 6.48. The molecule has 3 rings (SSSR count). The van der Waals surface area contributed by atoms with Crippen LogP contribution in [0, 0.1) is 11.3 Å². The van der Waals surface area contributed by atoms with Crippen molar-refractivity contribution < 1.29 is 14.3 Å². The Hall–Kier alpha value is -1.14. The van der Waals surface area contributed by atoms with Gasteiger partial charge in [0.1, 0.15) is 6.04 Å². The Balaban J connectivity index is 1.66. The molecule has 2 aliphatic heterocycles. The molecule has 1 saturated carbocycles. The van der Waals surface area contributed by atoms with E-state index in [1.807, 2.05) is 11.8 Å². The van der Waals surface area contributed by atoms with Gasteiger partial charge in [0.25, 0.3) is 0 Å². The molecule has 1 unspecified atom stereocenters. The Morgan fingerprint density at radius 3 is 2.87 bits per heavy atom. The number of morpholine rings is 1. The first-order valence-corrected chi connectivity index (χ1v) is 9.05. The molecule has 130 valence electrons. The lowest BCUT2D eigenvalue weighted by atomic mass is 9.67. The van der Waals surface area contributed by atoms with Crippen LogP contribution in [0.25, 0.3) is 0 Å². The van der Waals surface area contributed by atoms with E-state index in [0.717, 1.165) is 32.4 Å². The van der Waals surface area contributed by atoms with Gasteiger partial charge in [-0.1, -0.05) is 19.8 Å². The lowest BCUT2D eigenvalue weighted by Gasteiger charge is -2.38. The smallest absolute Gasteiger partial charge is 0.245 e. The highest BCUT2D eigenvalue weighted by Gasteiger charge is 2.50. The van der Waals surface area contributed by atoms with Gasteiger partial charge in [-0.3, -0.25) is 9.59 Å². The second kappa shape index (κ2) is 7.18. The summed E-state index contributed by atoms with van der Waals surface area (Å²) in [6.07, 6.45) is 5.02. The number of rotatable bonds is 4. The molecule has 2 amide bonds. The zero-order valence-electron chi connectivity index (χ0n) is 14.1. The predicted octanol–water partition coefficient (Wildman–Crippen LogP) is 0.520. The van der Waals surface area contributed by atoms with Gasteiger partial charge in [0.05, 0.1) is 18.6 Å². The van der Waals surface area contributed by atoms with Gasteiger partial charge in [-0.15, -0.1) is 0 Å². The Morgan fingerprint density at radius 1 is 1.35 bits per heavy atom. The van der Waals surface area contributed by atoms with E-state index in [1.165, 1.54) is 6.42 Å². The quantitative estimate of drug-likeness (QED) is 0.791. The van der Waals surface area contributed by atoms with E-state index in [0.29, 0.717) is 38.6 Å². The average Bonchev–Trinajstić information content (AvgIpc) is 3.05. The van der Waals surface area contributed by atoms with Crippen LogP contribution in [0.2, 0.25) is 0 Å². The molecule has 0 aromatic heterocycles. The normalized spacial score (nSPS) is 32.2. The first kappa shape index (κ1) is 16.7. The number of carbonyl (C=O) groups is 2. The topological polar surface area (TPSA) is 70.7 Å². The van der Waals surface area contributed by atoms with Crippen molar-refractivity contribution >= 4 is 11.8 Å². The van der Waals surface area contributed by atoms with Crippen molar-refractivity contribution in [3.8, 4) is 0 Å². The maximum atomic E-state index is 13.0. The van der Waals surface area contributed by atoms with Crippen molar-refractivity contribution in [3.63, 3.8) is 0 Å². The van der Waals surface area contributed by atoms with Gasteiger partial charge in [0.2, 0.25) is 11.8 Å². The fourth-order valence-electron chi connectivity index (χ4n) is 4.33. The third-order valence-corrected chi connectivity index (χ3v) is 5.82. The summed E-state index contributed by atoms with van der Waals surface area (Å²) in [4.78, 5) is 27.5. The minimum absolute atomic E-state index is 0.0406. The van der Waals surface area contributed by atoms with E-state index in [2.05, 4.69) is 10.6 Å². The molecule has 0 aromatic carbocycles. The second-order valence-corrected chi connectivity index (χ2v) is 7.10. The lowest BCUT2D eigenvalue weighted by molar-refractivity contribution is -0.143. The maximum absolute atomic E-state index is 13.0. The molecular weight excluding hydrogens is 294 g/mol. The standard InChI is InChI=1S/C17H29N3O3/c1-2-14(15(21)20-7-9-23-10-8-20)19-16(22)17-6-4-3-5-13(17)11-18-12-17/h13-14,18H,2-12H2,1H3,(H,19,22)/t13-,14?,17+/m0/s1. The number of ether oxygens (including phenoxy) is 1. The van der Waals surface area contributed by atoms with E-state index >= 15 is 0 Å². The number of carbonyl (C=O) groups excluding carboxylic acids is 2. The van der Waals surface area contributed by atoms with Crippen molar-refractivity contribution in [2.45, 2.75) is 45.1 Å². The van der Waals surface area contributed by atoms with Crippen LogP contribution in [0.3, 0.4) is 0 Å². The average molecular weight is 323 g/mol. The van der Waals surface area contributed by atoms with Crippen LogP contribution in [-0.4, -0.2) is 62.1 Å². The van der Waals surface area contributed by atoms with E-state index in [1.54, 1.807) is 0 Å². The number of amides is 2. The molecule has 3 atom stereocenters. The Labute approximate surface area is 138 Å². The molecule has 3 fully saturated rings. The molecule has 6 nitrogen and oxygen atoms in total. The third kappa shape index (κ3) is 3.24. The summed E-state index contributed by atoms with van der Waals surface area (Å²) in [6, 6.07) is -0.404. The van der Waals surface area contributed by atoms with E-state index in [-0.39, 0.29) is 17.2 Å². The highest BCUT2D eigenvalue weighted by molar-refractivity contribution is 5.90. The number of hydrogen-bond acceptors (Lipinski definition) is 4.